The molecule has 0 unspecified atom stereocenters. The van der Waals surface area contributed by atoms with Gasteiger partial charge in [-0.25, -0.2) is 8.42 Å². The summed E-state index contributed by atoms with van der Waals surface area (Å²) in [5.74, 6) is 0. The van der Waals surface area contributed by atoms with Gasteiger partial charge >= 0.3 is 0 Å². The molecule has 3 rings (SSSR count). The molecule has 0 atom stereocenters. The SMILES string of the molecule is O=S(=O)(/C=C/c1ccccc1)Nc1ccc2c(c1)CCC2. The van der Waals surface area contributed by atoms with Crippen LogP contribution in [0.1, 0.15) is 23.1 Å². The van der Waals surface area contributed by atoms with Crippen LogP contribution in [-0.2, 0) is 22.9 Å². The Morgan fingerprint density at radius 2 is 1.71 bits per heavy atom. The predicted molar refractivity (Wildman–Crippen MR) is 86.5 cm³/mol. The molecule has 2 aromatic carbocycles. The minimum Gasteiger partial charge on any atom is -0.280 e. The van der Waals surface area contributed by atoms with Crippen LogP contribution in [-0.4, -0.2) is 8.42 Å². The van der Waals surface area contributed by atoms with E-state index in [1.54, 1.807) is 6.08 Å². The smallest absolute Gasteiger partial charge is 0.255 e. The molecule has 21 heavy (non-hydrogen) atoms. The van der Waals surface area contributed by atoms with Gasteiger partial charge in [0.05, 0.1) is 5.41 Å². The third-order valence-corrected chi connectivity index (χ3v) is 4.61. The minimum absolute atomic E-state index is 0.633. The fourth-order valence-corrected chi connectivity index (χ4v) is 3.43. The molecule has 0 amide bonds. The van der Waals surface area contributed by atoms with E-state index in [1.165, 1.54) is 16.5 Å². The van der Waals surface area contributed by atoms with Gasteiger partial charge in [-0.2, -0.15) is 0 Å². The van der Waals surface area contributed by atoms with E-state index >= 15 is 0 Å². The van der Waals surface area contributed by atoms with Crippen LogP contribution in [0.25, 0.3) is 6.08 Å². The van der Waals surface area contributed by atoms with Gasteiger partial charge in [0, 0.05) is 5.69 Å². The van der Waals surface area contributed by atoms with Crippen LogP contribution in [0.2, 0.25) is 0 Å². The number of benzene rings is 2. The molecule has 0 saturated carbocycles. The molecule has 3 nitrogen and oxygen atoms in total. The van der Waals surface area contributed by atoms with Crippen LogP contribution in [0.3, 0.4) is 0 Å². The lowest BCUT2D eigenvalue weighted by Crippen LogP contribution is -2.09. The summed E-state index contributed by atoms with van der Waals surface area (Å²) in [5.41, 5.74) is 4.07. The second-order valence-electron chi connectivity index (χ2n) is 5.20. The highest BCUT2D eigenvalue weighted by molar-refractivity contribution is 7.95. The summed E-state index contributed by atoms with van der Waals surface area (Å²) in [4.78, 5) is 0. The first kappa shape index (κ1) is 13.9. The molecule has 0 spiro atoms. The molecule has 0 heterocycles. The second-order valence-corrected chi connectivity index (χ2v) is 6.76. The molecule has 0 aliphatic heterocycles. The second kappa shape index (κ2) is 5.74. The zero-order chi connectivity index (χ0) is 14.7. The highest BCUT2D eigenvalue weighted by Crippen LogP contribution is 2.25. The molecule has 1 aliphatic rings. The lowest BCUT2D eigenvalue weighted by atomic mass is 10.1. The number of hydrogen-bond donors (Lipinski definition) is 1. The molecule has 0 radical (unpaired) electrons. The number of sulfonamides is 1. The molecule has 0 fully saturated rings. The Morgan fingerprint density at radius 3 is 2.52 bits per heavy atom. The van der Waals surface area contributed by atoms with E-state index < -0.39 is 10.0 Å². The lowest BCUT2D eigenvalue weighted by Gasteiger charge is -2.07. The van der Waals surface area contributed by atoms with Gasteiger partial charge in [0.2, 0.25) is 0 Å². The summed E-state index contributed by atoms with van der Waals surface area (Å²) in [6.45, 7) is 0. The van der Waals surface area contributed by atoms with Crippen molar-refractivity contribution in [1.29, 1.82) is 0 Å². The molecule has 108 valence electrons. The molecule has 0 bridgehead atoms. The van der Waals surface area contributed by atoms with E-state index in [-0.39, 0.29) is 0 Å². The Balaban J connectivity index is 1.76. The Morgan fingerprint density at radius 1 is 0.952 bits per heavy atom. The van der Waals surface area contributed by atoms with Crippen molar-refractivity contribution >= 4 is 21.8 Å². The maximum absolute atomic E-state index is 12.1. The third kappa shape index (κ3) is 3.52. The topological polar surface area (TPSA) is 46.2 Å². The van der Waals surface area contributed by atoms with E-state index in [0.29, 0.717) is 5.69 Å². The van der Waals surface area contributed by atoms with Crippen molar-refractivity contribution < 1.29 is 8.42 Å². The molecule has 1 aliphatic carbocycles. The van der Waals surface area contributed by atoms with Crippen LogP contribution in [0.15, 0.2) is 53.9 Å². The number of nitrogens with one attached hydrogen (secondary N) is 1. The fraction of sp³-hybridized carbons (Fsp3) is 0.176. The van der Waals surface area contributed by atoms with Crippen molar-refractivity contribution in [3.05, 3.63) is 70.6 Å². The number of rotatable bonds is 4. The monoisotopic (exact) mass is 299 g/mol. The van der Waals surface area contributed by atoms with Crippen molar-refractivity contribution in [3.8, 4) is 0 Å². The zero-order valence-corrected chi connectivity index (χ0v) is 12.4. The van der Waals surface area contributed by atoms with Crippen LogP contribution in [0.5, 0.6) is 0 Å². The molecule has 4 heteroatoms. The van der Waals surface area contributed by atoms with Crippen LogP contribution < -0.4 is 4.72 Å². The van der Waals surface area contributed by atoms with E-state index in [9.17, 15) is 8.42 Å². The molecule has 0 saturated heterocycles. The first-order chi connectivity index (χ1) is 10.1. The van der Waals surface area contributed by atoms with E-state index in [4.69, 9.17) is 0 Å². The van der Waals surface area contributed by atoms with Crippen LogP contribution in [0.4, 0.5) is 5.69 Å². The van der Waals surface area contributed by atoms with Gasteiger partial charge in [-0.05, 0) is 54.2 Å². The lowest BCUT2D eigenvalue weighted by molar-refractivity contribution is 0.609. The summed E-state index contributed by atoms with van der Waals surface area (Å²) < 4.78 is 26.8. The fourth-order valence-electron chi connectivity index (χ4n) is 2.57. The molecule has 1 N–H and O–H groups in total. The highest BCUT2D eigenvalue weighted by Gasteiger charge is 2.12. The zero-order valence-electron chi connectivity index (χ0n) is 11.6. The number of fused-ring (bicyclic) bond motifs is 1. The Kier molecular flexibility index (Phi) is 3.80. The predicted octanol–water partition coefficient (Wildman–Crippen LogP) is 3.59. The van der Waals surface area contributed by atoms with Gasteiger partial charge < -0.3 is 0 Å². The van der Waals surface area contributed by atoms with Crippen molar-refractivity contribution in [1.82, 2.24) is 0 Å². The van der Waals surface area contributed by atoms with Crippen molar-refractivity contribution in [2.75, 3.05) is 4.72 Å². The van der Waals surface area contributed by atoms with Crippen LogP contribution >= 0.6 is 0 Å². The number of hydrogen-bond acceptors (Lipinski definition) is 2. The first-order valence-corrected chi connectivity index (χ1v) is 8.55. The molecule has 0 aromatic heterocycles. The number of anilines is 1. The van der Waals surface area contributed by atoms with Gasteiger partial charge in [0.1, 0.15) is 0 Å². The van der Waals surface area contributed by atoms with E-state index in [1.807, 2.05) is 48.5 Å². The van der Waals surface area contributed by atoms with Gasteiger partial charge in [0.15, 0.2) is 0 Å². The summed E-state index contributed by atoms with van der Waals surface area (Å²) in [5, 5.41) is 1.20. The Labute approximate surface area is 125 Å². The maximum Gasteiger partial charge on any atom is 0.255 e. The van der Waals surface area contributed by atoms with Gasteiger partial charge in [-0.15, -0.1) is 0 Å². The van der Waals surface area contributed by atoms with Crippen LogP contribution in [0, 0.1) is 0 Å². The standard InChI is InChI=1S/C17H17NO2S/c19-21(20,12-11-14-5-2-1-3-6-14)18-17-10-9-15-7-4-8-16(15)13-17/h1-3,5-6,9-13,18H,4,7-8H2/b12-11+. The highest BCUT2D eigenvalue weighted by atomic mass is 32.2. The minimum atomic E-state index is -3.48. The third-order valence-electron chi connectivity index (χ3n) is 3.60. The molecule has 2 aromatic rings. The summed E-state index contributed by atoms with van der Waals surface area (Å²) in [7, 11) is -3.48. The number of aryl methyl sites for hydroxylation is 2. The average molecular weight is 299 g/mol. The molecular formula is C17H17NO2S. The quantitative estimate of drug-likeness (QED) is 0.938. The summed E-state index contributed by atoms with van der Waals surface area (Å²) in [6.07, 6.45) is 4.87. The maximum atomic E-state index is 12.1. The largest absolute Gasteiger partial charge is 0.280 e. The van der Waals surface area contributed by atoms with Crippen molar-refractivity contribution in [3.63, 3.8) is 0 Å². The summed E-state index contributed by atoms with van der Waals surface area (Å²) >= 11 is 0. The van der Waals surface area contributed by atoms with Gasteiger partial charge in [-0.3, -0.25) is 4.72 Å². The van der Waals surface area contributed by atoms with Crippen molar-refractivity contribution in [2.45, 2.75) is 19.3 Å². The normalized spacial score (nSPS) is 14.3. The van der Waals surface area contributed by atoms with Gasteiger partial charge in [0.25, 0.3) is 10.0 Å². The first-order valence-electron chi connectivity index (χ1n) is 7.00. The molecular weight excluding hydrogens is 282 g/mol. The Hall–Kier alpha value is -2.07. The van der Waals surface area contributed by atoms with E-state index in [0.717, 1.165) is 24.8 Å². The Bertz CT molecular complexity index is 765. The van der Waals surface area contributed by atoms with E-state index in [2.05, 4.69) is 4.72 Å². The van der Waals surface area contributed by atoms with Crippen molar-refractivity contribution in [2.24, 2.45) is 0 Å². The average Bonchev–Trinajstić information content (AvgIpc) is 2.93. The van der Waals surface area contributed by atoms with Gasteiger partial charge in [-0.1, -0.05) is 36.4 Å². The summed E-state index contributed by atoms with van der Waals surface area (Å²) in [6, 6.07) is 15.2.